The van der Waals surface area contributed by atoms with E-state index in [1.807, 2.05) is 73.7 Å². The van der Waals surface area contributed by atoms with Crippen LogP contribution < -0.4 is 4.90 Å². The molecular weight excluding hydrogens is 456 g/mol. The fourth-order valence-corrected chi connectivity index (χ4v) is 5.42. The molecule has 5 rings (SSSR count). The van der Waals surface area contributed by atoms with Crippen LogP contribution in [0.4, 0.5) is 5.69 Å². The van der Waals surface area contributed by atoms with Gasteiger partial charge in [0.15, 0.2) is 4.32 Å². The molecule has 1 aliphatic rings. The number of benzene rings is 3. The van der Waals surface area contributed by atoms with Crippen molar-refractivity contribution in [3.8, 4) is 0 Å². The molecular formula is C26H19ClN2OS2. The summed E-state index contributed by atoms with van der Waals surface area (Å²) in [5.41, 5.74) is 5.01. The Morgan fingerprint density at radius 1 is 1.03 bits per heavy atom. The summed E-state index contributed by atoms with van der Waals surface area (Å²) in [6, 6.07) is 23.9. The van der Waals surface area contributed by atoms with Crippen LogP contribution in [0.15, 0.2) is 83.9 Å². The van der Waals surface area contributed by atoms with Crippen LogP contribution in [0.2, 0.25) is 5.02 Å². The number of thiocarbonyl (C=S) groups is 1. The van der Waals surface area contributed by atoms with Gasteiger partial charge in [0.2, 0.25) is 0 Å². The minimum atomic E-state index is -0.0893. The highest BCUT2D eigenvalue weighted by Gasteiger charge is 2.33. The fraction of sp³-hybridized carbons (Fsp3) is 0.0769. The molecule has 1 aromatic heterocycles. The van der Waals surface area contributed by atoms with Crippen molar-refractivity contribution < 1.29 is 4.79 Å². The zero-order valence-electron chi connectivity index (χ0n) is 17.3. The van der Waals surface area contributed by atoms with E-state index >= 15 is 0 Å². The van der Waals surface area contributed by atoms with Crippen molar-refractivity contribution in [3.63, 3.8) is 0 Å². The average molecular weight is 475 g/mol. The van der Waals surface area contributed by atoms with Crippen molar-refractivity contribution in [2.24, 2.45) is 0 Å². The van der Waals surface area contributed by atoms with Gasteiger partial charge in [-0.3, -0.25) is 9.69 Å². The summed E-state index contributed by atoms with van der Waals surface area (Å²) >= 11 is 13.3. The number of carbonyl (C=O) groups is 1. The molecule has 1 aliphatic heterocycles. The third-order valence-corrected chi connectivity index (χ3v) is 7.13. The van der Waals surface area contributed by atoms with Gasteiger partial charge in [-0.25, -0.2) is 0 Å². The number of hydrogen-bond donors (Lipinski definition) is 0. The highest BCUT2D eigenvalue weighted by atomic mass is 35.5. The van der Waals surface area contributed by atoms with E-state index in [0.29, 0.717) is 15.8 Å². The van der Waals surface area contributed by atoms with E-state index in [1.165, 1.54) is 11.8 Å². The molecule has 0 atom stereocenters. The molecule has 3 aromatic carbocycles. The van der Waals surface area contributed by atoms with Gasteiger partial charge in [0.05, 0.1) is 10.6 Å². The number of halogens is 1. The number of para-hydroxylation sites is 1. The van der Waals surface area contributed by atoms with Gasteiger partial charge < -0.3 is 4.57 Å². The molecule has 0 unspecified atom stereocenters. The molecule has 0 N–H and O–H groups in total. The summed E-state index contributed by atoms with van der Waals surface area (Å²) in [7, 11) is 0. The Labute approximate surface area is 201 Å². The van der Waals surface area contributed by atoms with Gasteiger partial charge in [-0.2, -0.15) is 0 Å². The maximum Gasteiger partial charge on any atom is 0.270 e. The molecule has 0 bridgehead atoms. The quantitative estimate of drug-likeness (QED) is 0.234. The molecule has 0 radical (unpaired) electrons. The smallest absolute Gasteiger partial charge is 0.270 e. The Balaban J connectivity index is 1.53. The summed E-state index contributed by atoms with van der Waals surface area (Å²) in [4.78, 5) is 15.5. The van der Waals surface area contributed by atoms with Crippen molar-refractivity contribution >= 4 is 68.5 Å². The van der Waals surface area contributed by atoms with Crippen LogP contribution in [0.25, 0.3) is 17.0 Å². The highest BCUT2D eigenvalue weighted by Crippen LogP contribution is 2.37. The number of carbonyl (C=O) groups excluding carboxylic acids is 1. The molecule has 6 heteroatoms. The van der Waals surface area contributed by atoms with E-state index < -0.39 is 0 Å². The minimum Gasteiger partial charge on any atom is -0.342 e. The second-order valence-electron chi connectivity index (χ2n) is 7.68. The number of rotatable bonds is 4. The first-order valence-corrected chi connectivity index (χ1v) is 11.8. The molecule has 2 heterocycles. The third-order valence-electron chi connectivity index (χ3n) is 5.46. The normalized spacial score (nSPS) is 15.3. The second kappa shape index (κ2) is 8.58. The van der Waals surface area contributed by atoms with Crippen molar-refractivity contribution in [1.82, 2.24) is 4.57 Å². The molecule has 3 nitrogen and oxygen atoms in total. The maximum atomic E-state index is 13.2. The number of nitrogens with zero attached hydrogens (tertiary/aromatic N) is 2. The van der Waals surface area contributed by atoms with Crippen LogP contribution in [-0.4, -0.2) is 14.8 Å². The number of aryl methyl sites for hydroxylation is 1. The summed E-state index contributed by atoms with van der Waals surface area (Å²) < 4.78 is 2.72. The summed E-state index contributed by atoms with van der Waals surface area (Å²) in [6.07, 6.45) is 4.02. The molecule has 1 amide bonds. The number of hydrogen-bond acceptors (Lipinski definition) is 3. The van der Waals surface area contributed by atoms with Crippen LogP contribution in [-0.2, 0) is 11.3 Å². The van der Waals surface area contributed by atoms with Gasteiger partial charge in [-0.1, -0.05) is 84.1 Å². The van der Waals surface area contributed by atoms with Crippen LogP contribution in [0.3, 0.4) is 0 Å². The van der Waals surface area contributed by atoms with E-state index in [4.69, 9.17) is 23.8 Å². The van der Waals surface area contributed by atoms with E-state index in [-0.39, 0.29) is 5.91 Å². The van der Waals surface area contributed by atoms with Gasteiger partial charge in [-0.05, 0) is 48.4 Å². The predicted molar refractivity (Wildman–Crippen MR) is 139 cm³/mol. The third kappa shape index (κ3) is 3.88. The highest BCUT2D eigenvalue weighted by molar-refractivity contribution is 8.27. The van der Waals surface area contributed by atoms with Crippen LogP contribution in [0, 0.1) is 6.92 Å². The van der Waals surface area contributed by atoms with Crippen LogP contribution in [0.5, 0.6) is 0 Å². The first kappa shape index (κ1) is 21.0. The number of aromatic nitrogens is 1. The van der Waals surface area contributed by atoms with E-state index in [0.717, 1.165) is 38.3 Å². The van der Waals surface area contributed by atoms with E-state index in [2.05, 4.69) is 22.9 Å². The van der Waals surface area contributed by atoms with Gasteiger partial charge in [0.1, 0.15) is 0 Å². The average Bonchev–Trinajstić information content (AvgIpc) is 3.26. The molecule has 0 saturated carbocycles. The Bertz CT molecular complexity index is 1410. The number of anilines is 1. The standard InChI is InChI=1S/C26H19ClN2OS2/c1-17-7-6-9-20(13-17)29-25(30)24(32-26(29)31)14-19-16-28(23-12-5-3-10-21(19)23)15-18-8-2-4-11-22(18)27/h2-14,16H,15H2,1H3/b24-14-. The molecule has 1 saturated heterocycles. The van der Waals surface area contributed by atoms with Gasteiger partial charge >= 0.3 is 0 Å². The lowest BCUT2D eigenvalue weighted by Crippen LogP contribution is -2.27. The fourth-order valence-electron chi connectivity index (χ4n) is 3.93. The SMILES string of the molecule is Cc1cccc(N2C(=O)/C(=C/c3cn(Cc4ccccc4Cl)c4ccccc34)SC2=S)c1. The Morgan fingerprint density at radius 2 is 1.81 bits per heavy atom. The number of amides is 1. The second-order valence-corrected chi connectivity index (χ2v) is 9.76. The van der Waals surface area contributed by atoms with Gasteiger partial charge in [0.25, 0.3) is 5.91 Å². The topological polar surface area (TPSA) is 25.2 Å². The Morgan fingerprint density at radius 3 is 2.62 bits per heavy atom. The van der Waals surface area contributed by atoms with Crippen molar-refractivity contribution in [2.45, 2.75) is 13.5 Å². The molecule has 1 fully saturated rings. The van der Waals surface area contributed by atoms with Crippen LogP contribution in [0.1, 0.15) is 16.7 Å². The lowest BCUT2D eigenvalue weighted by atomic mass is 10.1. The molecule has 0 aliphatic carbocycles. The molecule has 32 heavy (non-hydrogen) atoms. The van der Waals surface area contributed by atoms with Crippen molar-refractivity contribution in [3.05, 3.63) is 106 Å². The van der Waals surface area contributed by atoms with E-state index in [9.17, 15) is 4.79 Å². The van der Waals surface area contributed by atoms with Crippen molar-refractivity contribution in [1.29, 1.82) is 0 Å². The minimum absolute atomic E-state index is 0.0893. The van der Waals surface area contributed by atoms with Gasteiger partial charge in [0, 0.05) is 34.2 Å². The summed E-state index contributed by atoms with van der Waals surface area (Å²) in [5, 5.41) is 1.83. The first-order valence-electron chi connectivity index (χ1n) is 10.2. The summed E-state index contributed by atoms with van der Waals surface area (Å²) in [5.74, 6) is -0.0893. The zero-order valence-corrected chi connectivity index (χ0v) is 19.7. The maximum absolute atomic E-state index is 13.2. The number of thioether (sulfide) groups is 1. The molecule has 0 spiro atoms. The lowest BCUT2D eigenvalue weighted by molar-refractivity contribution is -0.113. The Kier molecular flexibility index (Phi) is 5.64. The monoisotopic (exact) mass is 474 g/mol. The summed E-state index contributed by atoms with van der Waals surface area (Å²) in [6.45, 7) is 2.66. The molecule has 4 aromatic rings. The van der Waals surface area contributed by atoms with E-state index in [1.54, 1.807) is 4.90 Å². The molecule has 158 valence electrons. The van der Waals surface area contributed by atoms with Crippen molar-refractivity contribution in [2.75, 3.05) is 4.90 Å². The van der Waals surface area contributed by atoms with Gasteiger partial charge in [-0.15, -0.1) is 0 Å². The number of fused-ring (bicyclic) bond motifs is 1. The Hall–Kier alpha value is -2.86. The predicted octanol–water partition coefficient (Wildman–Crippen LogP) is 7.06. The van der Waals surface area contributed by atoms with Crippen LogP contribution >= 0.6 is 35.6 Å². The first-order chi connectivity index (χ1) is 15.5. The zero-order chi connectivity index (χ0) is 22.2. The largest absolute Gasteiger partial charge is 0.342 e. The lowest BCUT2D eigenvalue weighted by Gasteiger charge is -2.14.